The number of hydrogen-bond donors (Lipinski definition) is 0. The molecular formula is C20H18F2N2O3S2. The minimum Gasteiger partial charge on any atom is -0.335 e. The van der Waals surface area contributed by atoms with Crippen molar-refractivity contribution in [1.29, 1.82) is 0 Å². The van der Waals surface area contributed by atoms with Gasteiger partial charge in [0.05, 0.1) is 4.88 Å². The van der Waals surface area contributed by atoms with Crippen LogP contribution in [0, 0.1) is 18.6 Å². The van der Waals surface area contributed by atoms with Crippen LogP contribution >= 0.6 is 11.3 Å². The van der Waals surface area contributed by atoms with Gasteiger partial charge in [-0.1, -0.05) is 18.2 Å². The smallest absolute Gasteiger partial charge is 0.264 e. The second-order valence-corrected chi connectivity index (χ2v) is 9.75. The molecule has 2 aromatic carbocycles. The van der Waals surface area contributed by atoms with Crippen LogP contribution < -0.4 is 0 Å². The van der Waals surface area contributed by atoms with Crippen molar-refractivity contribution in [2.75, 3.05) is 26.2 Å². The minimum atomic E-state index is -3.97. The molecule has 0 atom stereocenters. The molecule has 1 aliphatic heterocycles. The molecule has 1 aliphatic rings. The van der Waals surface area contributed by atoms with Crippen LogP contribution in [0.25, 0.3) is 10.1 Å². The number of thiophene rings is 1. The summed E-state index contributed by atoms with van der Waals surface area (Å²) in [5.74, 6) is -1.41. The molecule has 4 rings (SSSR count). The van der Waals surface area contributed by atoms with E-state index in [1.807, 2.05) is 0 Å². The van der Waals surface area contributed by atoms with Crippen LogP contribution in [0.2, 0.25) is 0 Å². The van der Waals surface area contributed by atoms with Gasteiger partial charge in [0.1, 0.15) is 16.5 Å². The lowest BCUT2D eigenvalue weighted by Gasteiger charge is -2.34. The Morgan fingerprint density at radius 2 is 1.62 bits per heavy atom. The highest BCUT2D eigenvalue weighted by Crippen LogP contribution is 2.33. The van der Waals surface area contributed by atoms with Crippen molar-refractivity contribution in [2.24, 2.45) is 0 Å². The lowest BCUT2D eigenvalue weighted by molar-refractivity contribution is 0.0702. The Morgan fingerprint density at radius 1 is 0.966 bits per heavy atom. The Bertz CT molecular complexity index is 1200. The lowest BCUT2D eigenvalue weighted by Crippen LogP contribution is -2.50. The van der Waals surface area contributed by atoms with Gasteiger partial charge in [-0.2, -0.15) is 4.31 Å². The average Bonchev–Trinajstić information content (AvgIpc) is 3.05. The molecule has 0 spiro atoms. The molecule has 1 saturated heterocycles. The van der Waals surface area contributed by atoms with E-state index < -0.39 is 15.8 Å². The first kappa shape index (κ1) is 19.9. The molecule has 0 radical (unpaired) electrons. The maximum absolute atomic E-state index is 14.1. The number of piperazine rings is 1. The predicted octanol–water partition coefficient (Wildman–Crippen LogP) is 3.63. The molecule has 1 aromatic heterocycles. The van der Waals surface area contributed by atoms with Gasteiger partial charge in [-0.05, 0) is 36.8 Å². The number of rotatable bonds is 3. The number of benzene rings is 2. The Kier molecular flexibility index (Phi) is 5.14. The van der Waals surface area contributed by atoms with Crippen molar-refractivity contribution >= 4 is 37.4 Å². The van der Waals surface area contributed by atoms with Crippen molar-refractivity contribution in [2.45, 2.75) is 11.8 Å². The van der Waals surface area contributed by atoms with Crippen molar-refractivity contribution in [3.8, 4) is 0 Å². The summed E-state index contributed by atoms with van der Waals surface area (Å²) in [6.45, 7) is 2.22. The molecule has 5 nitrogen and oxygen atoms in total. The summed E-state index contributed by atoms with van der Waals surface area (Å²) in [5, 5.41) is 0.446. The van der Waals surface area contributed by atoms with Gasteiger partial charge in [0, 0.05) is 36.3 Å². The summed E-state index contributed by atoms with van der Waals surface area (Å²) in [4.78, 5) is 14.6. The fourth-order valence-corrected chi connectivity index (χ4v) is 6.20. The molecule has 29 heavy (non-hydrogen) atoms. The summed E-state index contributed by atoms with van der Waals surface area (Å²) < 4.78 is 55.4. The highest BCUT2D eigenvalue weighted by molar-refractivity contribution is 7.89. The van der Waals surface area contributed by atoms with Gasteiger partial charge in [-0.15, -0.1) is 11.3 Å². The molecule has 152 valence electrons. The largest absolute Gasteiger partial charge is 0.335 e. The van der Waals surface area contributed by atoms with Crippen LogP contribution in [0.15, 0.2) is 47.4 Å². The van der Waals surface area contributed by atoms with Gasteiger partial charge >= 0.3 is 0 Å². The number of carbonyl (C=O) groups is 1. The first-order valence-corrected chi connectivity index (χ1v) is 11.3. The molecule has 2 heterocycles. The minimum absolute atomic E-state index is 0.0702. The molecule has 0 bridgehead atoms. The van der Waals surface area contributed by atoms with Crippen molar-refractivity contribution in [3.63, 3.8) is 0 Å². The van der Waals surface area contributed by atoms with Crippen LogP contribution in [0.3, 0.4) is 0 Å². The van der Waals surface area contributed by atoms with Gasteiger partial charge in [-0.25, -0.2) is 17.2 Å². The Hall–Kier alpha value is -2.36. The van der Waals surface area contributed by atoms with Gasteiger partial charge in [0.15, 0.2) is 0 Å². The summed E-state index contributed by atoms with van der Waals surface area (Å²) in [7, 11) is -3.97. The van der Waals surface area contributed by atoms with Gasteiger partial charge < -0.3 is 4.90 Å². The maximum Gasteiger partial charge on any atom is 0.264 e. The van der Waals surface area contributed by atoms with E-state index in [4.69, 9.17) is 0 Å². The fourth-order valence-electron chi connectivity index (χ4n) is 3.53. The van der Waals surface area contributed by atoms with Gasteiger partial charge in [0.2, 0.25) is 10.0 Å². The Balaban J connectivity index is 1.53. The number of halogens is 2. The fraction of sp³-hybridized carbons (Fsp3) is 0.250. The van der Waals surface area contributed by atoms with E-state index in [0.29, 0.717) is 20.5 Å². The number of amides is 1. The summed E-state index contributed by atoms with van der Waals surface area (Å²) in [6.07, 6.45) is 0. The summed E-state index contributed by atoms with van der Waals surface area (Å²) in [5.41, 5.74) is 0.592. The predicted molar refractivity (Wildman–Crippen MR) is 108 cm³/mol. The lowest BCUT2D eigenvalue weighted by atomic mass is 10.1. The zero-order valence-electron chi connectivity index (χ0n) is 15.6. The monoisotopic (exact) mass is 436 g/mol. The van der Waals surface area contributed by atoms with Crippen LogP contribution in [0.5, 0.6) is 0 Å². The summed E-state index contributed by atoms with van der Waals surface area (Å²) >= 11 is 1.23. The van der Waals surface area contributed by atoms with Crippen LogP contribution in [-0.2, 0) is 10.0 Å². The van der Waals surface area contributed by atoms with E-state index in [0.717, 1.165) is 6.07 Å². The van der Waals surface area contributed by atoms with Gasteiger partial charge in [-0.3, -0.25) is 4.79 Å². The third kappa shape index (κ3) is 3.43. The molecule has 3 aromatic rings. The number of aryl methyl sites for hydroxylation is 1. The third-order valence-electron chi connectivity index (χ3n) is 5.08. The summed E-state index contributed by atoms with van der Waals surface area (Å²) in [6, 6.07) is 9.98. The standard InChI is InChI=1S/C20H18F2N2O3S2/c1-13-18-15(22)6-4-7-16(18)28-19(13)20(25)23-9-11-24(12-10-23)29(26,27)17-8-3-2-5-14(17)21/h2-8H,9-12H2,1H3. The second kappa shape index (κ2) is 7.47. The van der Waals surface area contributed by atoms with E-state index >= 15 is 0 Å². The Morgan fingerprint density at radius 3 is 2.28 bits per heavy atom. The van der Waals surface area contributed by atoms with Crippen LogP contribution in [0.1, 0.15) is 15.2 Å². The van der Waals surface area contributed by atoms with E-state index in [-0.39, 0.29) is 42.8 Å². The second-order valence-electron chi connectivity index (χ2n) is 6.80. The molecule has 1 amide bonds. The van der Waals surface area contributed by atoms with E-state index in [2.05, 4.69) is 0 Å². The molecule has 0 aliphatic carbocycles. The van der Waals surface area contributed by atoms with E-state index in [1.54, 1.807) is 24.0 Å². The van der Waals surface area contributed by atoms with Crippen molar-refractivity contribution in [1.82, 2.24) is 9.21 Å². The highest BCUT2D eigenvalue weighted by Gasteiger charge is 2.33. The number of carbonyl (C=O) groups excluding carboxylic acids is 1. The molecule has 0 unspecified atom stereocenters. The quantitative estimate of drug-likeness (QED) is 0.630. The number of hydrogen-bond acceptors (Lipinski definition) is 4. The SMILES string of the molecule is Cc1c(C(=O)N2CCN(S(=O)(=O)c3ccccc3F)CC2)sc2cccc(F)c12. The average molecular weight is 437 g/mol. The molecule has 0 saturated carbocycles. The zero-order chi connectivity index (χ0) is 20.8. The van der Waals surface area contributed by atoms with Gasteiger partial charge in [0.25, 0.3) is 5.91 Å². The Labute approximate surface area is 171 Å². The van der Waals surface area contributed by atoms with E-state index in [1.165, 1.54) is 39.9 Å². The molecular weight excluding hydrogens is 418 g/mol. The molecule has 9 heteroatoms. The van der Waals surface area contributed by atoms with Crippen LogP contribution in [-0.4, -0.2) is 49.7 Å². The van der Waals surface area contributed by atoms with Crippen molar-refractivity contribution in [3.05, 3.63) is 64.5 Å². The van der Waals surface area contributed by atoms with E-state index in [9.17, 15) is 22.0 Å². The molecule has 0 N–H and O–H groups in total. The van der Waals surface area contributed by atoms with Crippen molar-refractivity contribution < 1.29 is 22.0 Å². The zero-order valence-corrected chi connectivity index (χ0v) is 17.2. The third-order valence-corrected chi connectivity index (χ3v) is 8.25. The maximum atomic E-state index is 14.1. The first-order chi connectivity index (χ1) is 13.8. The number of sulfonamides is 1. The van der Waals surface area contributed by atoms with Crippen LogP contribution in [0.4, 0.5) is 8.78 Å². The number of nitrogens with zero attached hydrogens (tertiary/aromatic N) is 2. The highest BCUT2D eigenvalue weighted by atomic mass is 32.2. The molecule has 1 fully saturated rings. The first-order valence-electron chi connectivity index (χ1n) is 9.02. The topological polar surface area (TPSA) is 57.7 Å². The normalized spacial score (nSPS) is 15.8. The number of fused-ring (bicyclic) bond motifs is 1.